The van der Waals surface area contributed by atoms with Gasteiger partial charge < -0.3 is 14.6 Å². The van der Waals surface area contributed by atoms with Crippen LogP contribution in [0, 0.1) is 0 Å². The molecule has 0 aliphatic heterocycles. The fourth-order valence-corrected chi connectivity index (χ4v) is 3.34. The summed E-state index contributed by atoms with van der Waals surface area (Å²) in [7, 11) is 0. The first-order valence-electron chi connectivity index (χ1n) is 6.15. The lowest BCUT2D eigenvalue weighted by Crippen LogP contribution is -2.25. The van der Waals surface area contributed by atoms with E-state index >= 15 is 0 Å². The molecule has 0 radical (unpaired) electrons. The molecule has 0 unspecified atom stereocenters. The number of aromatic nitrogens is 1. The molecule has 0 aliphatic rings. The fourth-order valence-electron chi connectivity index (χ4n) is 1.76. The van der Waals surface area contributed by atoms with E-state index in [1.54, 1.807) is 4.57 Å². The standard InChI is InChI=1S/C13H13NO4S3/c15-11(16)8-20-13(19)18-7-3-6-14-9-4-1-2-5-10(9)21-12(14)17/h1-2,4-5H,3,6-8H2,(H,15,16)/p-1. The van der Waals surface area contributed by atoms with Crippen LogP contribution in [0.4, 0.5) is 0 Å². The van der Waals surface area contributed by atoms with Gasteiger partial charge in [0.25, 0.3) is 0 Å². The van der Waals surface area contributed by atoms with E-state index in [9.17, 15) is 14.7 Å². The summed E-state index contributed by atoms with van der Waals surface area (Å²) in [4.78, 5) is 22.2. The number of nitrogens with zero attached hydrogens (tertiary/aromatic N) is 1. The van der Waals surface area contributed by atoms with E-state index in [0.29, 0.717) is 19.6 Å². The quantitative estimate of drug-likeness (QED) is 0.581. The third-order valence-electron chi connectivity index (χ3n) is 2.63. The number of fused-ring (bicyclic) bond motifs is 1. The van der Waals surface area contributed by atoms with Crippen LogP contribution in [-0.2, 0) is 16.1 Å². The van der Waals surface area contributed by atoms with Crippen LogP contribution in [0.3, 0.4) is 0 Å². The zero-order chi connectivity index (χ0) is 15.2. The van der Waals surface area contributed by atoms with Crippen LogP contribution >= 0.6 is 35.3 Å². The molecule has 0 fully saturated rings. The number of carbonyl (C=O) groups excluding carboxylic acids is 1. The highest BCUT2D eigenvalue weighted by atomic mass is 32.2. The van der Waals surface area contributed by atoms with Crippen LogP contribution in [0.5, 0.6) is 0 Å². The molecule has 21 heavy (non-hydrogen) atoms. The van der Waals surface area contributed by atoms with Gasteiger partial charge in [-0.25, -0.2) is 0 Å². The molecule has 2 aromatic rings. The minimum absolute atomic E-state index is 0.00473. The maximum atomic E-state index is 11.9. The van der Waals surface area contributed by atoms with Crippen molar-refractivity contribution in [3.63, 3.8) is 0 Å². The van der Waals surface area contributed by atoms with E-state index in [-0.39, 0.29) is 15.0 Å². The van der Waals surface area contributed by atoms with Crippen molar-refractivity contribution in [2.75, 3.05) is 12.4 Å². The number of aliphatic carboxylic acids is 1. The number of benzene rings is 1. The molecule has 8 heteroatoms. The maximum Gasteiger partial charge on any atom is 0.308 e. The Morgan fingerprint density at radius 1 is 1.43 bits per heavy atom. The van der Waals surface area contributed by atoms with E-state index in [2.05, 4.69) is 0 Å². The number of thioether (sulfide) groups is 1. The average molecular weight is 342 g/mol. The Bertz CT molecular complexity index is 707. The summed E-state index contributed by atoms with van der Waals surface area (Å²) in [5, 5.41) is 10.3. The van der Waals surface area contributed by atoms with Crippen LogP contribution < -0.4 is 9.98 Å². The molecule has 1 aromatic heterocycles. The van der Waals surface area contributed by atoms with Gasteiger partial charge >= 0.3 is 4.87 Å². The van der Waals surface area contributed by atoms with E-state index in [4.69, 9.17) is 17.0 Å². The average Bonchev–Trinajstić information content (AvgIpc) is 2.77. The van der Waals surface area contributed by atoms with E-state index in [1.165, 1.54) is 11.3 Å². The second kappa shape index (κ2) is 7.58. The zero-order valence-corrected chi connectivity index (χ0v) is 13.4. The van der Waals surface area contributed by atoms with Crippen LogP contribution in [-0.4, -0.2) is 27.3 Å². The lowest BCUT2D eigenvalue weighted by molar-refractivity contribution is -0.301. The number of rotatable bonds is 6. The van der Waals surface area contributed by atoms with Gasteiger partial charge in [-0.2, -0.15) is 0 Å². The molecular formula is C13H12NO4S3-. The fraction of sp³-hybridized carbons (Fsp3) is 0.308. The van der Waals surface area contributed by atoms with Crippen LogP contribution in [0.25, 0.3) is 10.2 Å². The van der Waals surface area contributed by atoms with E-state index < -0.39 is 5.97 Å². The summed E-state index contributed by atoms with van der Waals surface area (Å²) in [6.07, 6.45) is 0.618. The highest BCUT2D eigenvalue weighted by Crippen LogP contribution is 2.16. The summed E-state index contributed by atoms with van der Waals surface area (Å²) in [5.41, 5.74) is 0.918. The molecule has 0 atom stereocenters. The summed E-state index contributed by atoms with van der Waals surface area (Å²) in [5.74, 6) is -1.39. The molecule has 0 saturated carbocycles. The van der Waals surface area contributed by atoms with E-state index in [0.717, 1.165) is 22.0 Å². The Hall–Kier alpha value is -1.38. The molecule has 0 bridgehead atoms. The Labute approximate surface area is 134 Å². The predicted molar refractivity (Wildman–Crippen MR) is 86.7 cm³/mol. The monoisotopic (exact) mass is 342 g/mol. The minimum atomic E-state index is -1.18. The largest absolute Gasteiger partial charge is 0.549 e. The number of carbonyl (C=O) groups is 1. The Morgan fingerprint density at radius 3 is 2.95 bits per heavy atom. The first kappa shape index (κ1) is 16.0. The van der Waals surface area contributed by atoms with Crippen molar-refractivity contribution in [3.8, 4) is 0 Å². The third kappa shape index (κ3) is 4.55. The van der Waals surface area contributed by atoms with Gasteiger partial charge in [0, 0.05) is 12.3 Å². The summed E-state index contributed by atoms with van der Waals surface area (Å²) < 4.78 is 8.09. The SMILES string of the molecule is O=C([O-])CSC(=S)OCCCn1c(=O)sc2ccccc21. The number of aryl methyl sites for hydroxylation is 1. The van der Waals surface area contributed by atoms with Gasteiger partial charge in [-0.3, -0.25) is 9.36 Å². The molecule has 0 amide bonds. The number of ether oxygens (including phenoxy) is 1. The van der Waals surface area contributed by atoms with Crippen molar-refractivity contribution in [2.24, 2.45) is 0 Å². The van der Waals surface area contributed by atoms with Gasteiger partial charge in [0.05, 0.1) is 22.8 Å². The van der Waals surface area contributed by atoms with Crippen LogP contribution in [0.1, 0.15) is 6.42 Å². The smallest absolute Gasteiger partial charge is 0.308 e. The summed E-state index contributed by atoms with van der Waals surface area (Å²) in [6.45, 7) is 0.881. The molecular weight excluding hydrogens is 330 g/mol. The highest BCUT2D eigenvalue weighted by Gasteiger charge is 2.06. The van der Waals surface area contributed by atoms with Gasteiger partial charge in [0.15, 0.2) is 0 Å². The van der Waals surface area contributed by atoms with Gasteiger partial charge in [0.1, 0.15) is 0 Å². The van der Waals surface area contributed by atoms with Crippen molar-refractivity contribution in [3.05, 3.63) is 33.9 Å². The molecule has 1 heterocycles. The highest BCUT2D eigenvalue weighted by molar-refractivity contribution is 8.22. The second-order valence-corrected chi connectivity index (χ2v) is 6.67. The number of hydrogen-bond donors (Lipinski definition) is 0. The maximum absolute atomic E-state index is 11.9. The normalized spacial score (nSPS) is 10.7. The Kier molecular flexibility index (Phi) is 5.77. The topological polar surface area (TPSA) is 71.4 Å². The summed E-state index contributed by atoms with van der Waals surface area (Å²) in [6, 6.07) is 7.63. The summed E-state index contributed by atoms with van der Waals surface area (Å²) >= 11 is 7.01. The van der Waals surface area contributed by atoms with Crippen molar-refractivity contribution in [1.29, 1.82) is 0 Å². The third-order valence-corrected chi connectivity index (χ3v) is 4.79. The molecule has 0 saturated heterocycles. The lowest BCUT2D eigenvalue weighted by atomic mass is 10.3. The minimum Gasteiger partial charge on any atom is -0.549 e. The number of thiocarbonyl (C=S) groups is 1. The first-order chi connectivity index (χ1) is 10.1. The molecule has 2 rings (SSSR count). The van der Waals surface area contributed by atoms with Gasteiger partial charge in [-0.05, 0) is 30.8 Å². The van der Waals surface area contributed by atoms with Crippen molar-refractivity contribution >= 4 is 55.9 Å². The Morgan fingerprint density at radius 2 is 2.19 bits per heavy atom. The van der Waals surface area contributed by atoms with E-state index in [1.807, 2.05) is 24.3 Å². The molecule has 0 aliphatic carbocycles. The second-order valence-electron chi connectivity index (χ2n) is 4.10. The number of hydrogen-bond acceptors (Lipinski definition) is 7. The van der Waals surface area contributed by atoms with Crippen molar-refractivity contribution in [2.45, 2.75) is 13.0 Å². The van der Waals surface area contributed by atoms with Gasteiger partial charge in [-0.15, -0.1) is 0 Å². The van der Waals surface area contributed by atoms with Crippen molar-refractivity contribution in [1.82, 2.24) is 4.57 Å². The molecule has 0 N–H and O–H groups in total. The molecule has 5 nitrogen and oxygen atoms in total. The lowest BCUT2D eigenvalue weighted by Gasteiger charge is -2.08. The zero-order valence-electron chi connectivity index (χ0n) is 10.9. The van der Waals surface area contributed by atoms with Gasteiger partial charge in [0.2, 0.25) is 4.38 Å². The van der Waals surface area contributed by atoms with Gasteiger partial charge in [-0.1, -0.05) is 35.2 Å². The molecule has 1 aromatic carbocycles. The number of thiazole rings is 1. The Balaban J connectivity index is 1.83. The van der Waals surface area contributed by atoms with Crippen LogP contribution in [0.2, 0.25) is 0 Å². The first-order valence-corrected chi connectivity index (χ1v) is 8.37. The molecule has 112 valence electrons. The molecule has 0 spiro atoms. The number of carboxylic acid groups (broad SMARTS) is 1. The number of para-hydroxylation sites is 1. The van der Waals surface area contributed by atoms with Crippen LogP contribution in [0.15, 0.2) is 29.1 Å². The number of carboxylic acids is 1. The van der Waals surface area contributed by atoms with Crippen molar-refractivity contribution < 1.29 is 14.6 Å². The predicted octanol–water partition coefficient (Wildman–Crippen LogP) is 1.24.